The Bertz CT molecular complexity index is 2510. The maximum atomic E-state index is 14.0. The molecule has 0 spiro atoms. The maximum absolute atomic E-state index is 14.0. The van der Waals surface area contributed by atoms with Crippen molar-refractivity contribution in [3.05, 3.63) is 90.3 Å². The van der Waals surface area contributed by atoms with Crippen LogP contribution in [0.2, 0.25) is 0 Å². The van der Waals surface area contributed by atoms with Gasteiger partial charge in [0.15, 0.2) is 5.65 Å². The van der Waals surface area contributed by atoms with Gasteiger partial charge < -0.3 is 30.1 Å². The van der Waals surface area contributed by atoms with Gasteiger partial charge in [-0.05, 0) is 111 Å². The van der Waals surface area contributed by atoms with Gasteiger partial charge in [0.05, 0.1) is 11.4 Å². The number of nitrogens with zero attached hydrogens (tertiary/aromatic N) is 9. The normalized spacial score (nSPS) is 21.2. The highest BCUT2D eigenvalue weighted by molar-refractivity contribution is 6.05. The number of ether oxygens (including phenoxy) is 1. The van der Waals surface area contributed by atoms with E-state index in [4.69, 9.17) is 15.6 Å². The fourth-order valence-corrected chi connectivity index (χ4v) is 10.1. The van der Waals surface area contributed by atoms with Crippen molar-refractivity contribution in [2.75, 3.05) is 69.5 Å². The Balaban J connectivity index is 0.700. The van der Waals surface area contributed by atoms with Gasteiger partial charge in [0.1, 0.15) is 35.4 Å². The van der Waals surface area contributed by atoms with Gasteiger partial charge in [0.2, 0.25) is 11.8 Å². The summed E-state index contributed by atoms with van der Waals surface area (Å²) in [7, 11) is 0. The number of nitrogens with one attached hydrogen (secondary N) is 1. The second-order valence-electron chi connectivity index (χ2n) is 17.5. The number of hydrogen-bond donors (Lipinski definition) is 2. The van der Waals surface area contributed by atoms with Gasteiger partial charge in [-0.3, -0.25) is 24.6 Å². The molecule has 2 atom stereocenters. The number of benzene rings is 3. The molecule has 10 rings (SSSR count). The molecule has 5 aliphatic heterocycles. The van der Waals surface area contributed by atoms with E-state index in [0.717, 1.165) is 93.1 Å². The molecule has 0 aliphatic carbocycles. The molecule has 5 amide bonds. The van der Waals surface area contributed by atoms with E-state index >= 15 is 0 Å². The summed E-state index contributed by atoms with van der Waals surface area (Å²) in [5.41, 5.74) is 11.4. The average molecular weight is 852 g/mol. The Morgan fingerprint density at radius 2 is 1.60 bits per heavy atom. The molecule has 0 saturated carbocycles. The Morgan fingerprint density at radius 1 is 0.825 bits per heavy atom. The highest BCUT2D eigenvalue weighted by atomic mass is 16.5. The predicted molar refractivity (Wildman–Crippen MR) is 237 cm³/mol. The van der Waals surface area contributed by atoms with E-state index in [-0.39, 0.29) is 36.2 Å². The third kappa shape index (κ3) is 8.26. The zero-order valence-electron chi connectivity index (χ0n) is 35.4. The molecule has 5 aromatic rings. The third-order valence-corrected chi connectivity index (χ3v) is 13.6. The van der Waals surface area contributed by atoms with Crippen LogP contribution in [0, 0.1) is 5.92 Å². The number of urea groups is 1. The fourth-order valence-electron chi connectivity index (χ4n) is 10.1. The van der Waals surface area contributed by atoms with Crippen LogP contribution in [0.5, 0.6) is 11.5 Å². The van der Waals surface area contributed by atoms with E-state index in [9.17, 15) is 19.2 Å². The number of amides is 5. The number of imide groups is 1. The lowest BCUT2D eigenvalue weighted by molar-refractivity contribution is -0.136. The molecule has 5 aliphatic rings. The number of piperidine rings is 3. The molecule has 16 nitrogen and oxygen atoms in total. The zero-order valence-corrected chi connectivity index (χ0v) is 35.4. The Hall–Kier alpha value is -6.55. The van der Waals surface area contributed by atoms with Crippen LogP contribution in [0.15, 0.2) is 79.1 Å². The minimum Gasteiger partial charge on any atom is -0.457 e. The van der Waals surface area contributed by atoms with E-state index in [0.29, 0.717) is 73.2 Å². The number of carbonyl (C=O) groups is 4. The molecule has 0 radical (unpaired) electrons. The number of para-hydroxylation sites is 1. The molecule has 3 N–H and O–H groups in total. The van der Waals surface area contributed by atoms with Crippen LogP contribution in [0.4, 0.5) is 16.3 Å². The Morgan fingerprint density at radius 3 is 2.38 bits per heavy atom. The number of piperazine rings is 1. The summed E-state index contributed by atoms with van der Waals surface area (Å²) in [5.74, 6) is 1.68. The van der Waals surface area contributed by atoms with Crippen LogP contribution in [-0.4, -0.2) is 128 Å². The molecule has 1 unspecified atom stereocenters. The van der Waals surface area contributed by atoms with Crippen molar-refractivity contribution in [2.24, 2.45) is 5.92 Å². The topological polar surface area (TPSA) is 175 Å². The van der Waals surface area contributed by atoms with Crippen molar-refractivity contribution < 1.29 is 23.9 Å². The van der Waals surface area contributed by atoms with Crippen molar-refractivity contribution in [3.63, 3.8) is 0 Å². The monoisotopic (exact) mass is 851 g/mol. The second kappa shape index (κ2) is 17.3. The van der Waals surface area contributed by atoms with Gasteiger partial charge in [-0.1, -0.05) is 18.2 Å². The molecule has 2 aromatic heterocycles. The molecule has 326 valence electrons. The van der Waals surface area contributed by atoms with Gasteiger partial charge in [-0.25, -0.2) is 19.4 Å². The van der Waals surface area contributed by atoms with E-state index in [1.54, 1.807) is 4.90 Å². The number of likely N-dealkylation sites (tertiary alicyclic amines) is 1. The SMILES string of the molecule is Nc1ncnc2c1c(-c1ccc(Oc3ccccc3)cc1)nn2[C@@H]1CCCN(C(=O)N2CCN(CCC3CCN(c4ccc5c(c4)CN(C4CCC(=O)NC4=O)C5=O)CC3)CC2)C1. The molecule has 7 heterocycles. The molecule has 4 fully saturated rings. The standard InChI is InChI=1S/C47H53N11O5/c48-43-41-42(32-8-11-37(12-9-32)63-36-6-2-1-3-7-36)52-58(44(41)50-30-49-43)35-5-4-19-56(29-35)47(62)55-25-23-53(24-26-55)20-16-31-17-21-54(22-18-31)34-10-13-38-33(27-34)28-57(46(38)61)39-14-15-40(59)51-45(39)60/h1-3,6-13,27,30-31,35,39H,4-5,14-26,28-29H2,(H2,48,49,50)(H,51,59,60)/t35-,39?/m1/s1. The summed E-state index contributed by atoms with van der Waals surface area (Å²) >= 11 is 0. The molecule has 3 aromatic carbocycles. The van der Waals surface area contributed by atoms with Gasteiger partial charge in [-0.2, -0.15) is 5.10 Å². The highest BCUT2D eigenvalue weighted by Crippen LogP contribution is 2.36. The quantitative estimate of drug-likeness (QED) is 0.184. The van der Waals surface area contributed by atoms with Gasteiger partial charge in [0, 0.05) is 82.1 Å². The number of fused-ring (bicyclic) bond motifs is 2. The van der Waals surface area contributed by atoms with Gasteiger partial charge in [0.25, 0.3) is 5.91 Å². The van der Waals surface area contributed by atoms with Crippen LogP contribution in [0.3, 0.4) is 0 Å². The maximum Gasteiger partial charge on any atom is 0.320 e. The smallest absolute Gasteiger partial charge is 0.320 e. The van der Waals surface area contributed by atoms with Crippen molar-refractivity contribution in [1.29, 1.82) is 0 Å². The first-order chi connectivity index (χ1) is 30.8. The van der Waals surface area contributed by atoms with E-state index in [1.807, 2.05) is 81.2 Å². The third-order valence-electron chi connectivity index (χ3n) is 13.6. The van der Waals surface area contributed by atoms with Crippen molar-refractivity contribution in [2.45, 2.75) is 63.6 Å². The van der Waals surface area contributed by atoms with E-state index < -0.39 is 6.04 Å². The number of anilines is 2. The molecule has 16 heteroatoms. The minimum absolute atomic E-state index is 0.0519. The molecular weight excluding hydrogens is 799 g/mol. The predicted octanol–water partition coefficient (Wildman–Crippen LogP) is 5.31. The summed E-state index contributed by atoms with van der Waals surface area (Å²) in [6.07, 6.45) is 7.18. The van der Waals surface area contributed by atoms with E-state index in [2.05, 4.69) is 31.2 Å². The van der Waals surface area contributed by atoms with Crippen molar-refractivity contribution in [3.8, 4) is 22.8 Å². The first-order valence-corrected chi connectivity index (χ1v) is 22.4. The van der Waals surface area contributed by atoms with Crippen LogP contribution in [-0.2, 0) is 16.1 Å². The number of aromatic nitrogens is 4. The number of carbonyl (C=O) groups excluding carboxylic acids is 4. The number of rotatable bonds is 9. The lowest BCUT2D eigenvalue weighted by Gasteiger charge is -2.40. The highest BCUT2D eigenvalue weighted by Gasteiger charge is 2.39. The largest absolute Gasteiger partial charge is 0.457 e. The van der Waals surface area contributed by atoms with Crippen LogP contribution in [0.25, 0.3) is 22.3 Å². The Kier molecular flexibility index (Phi) is 11.1. The zero-order chi connectivity index (χ0) is 43.0. The molecule has 0 bridgehead atoms. The van der Waals surface area contributed by atoms with Gasteiger partial charge >= 0.3 is 6.03 Å². The van der Waals surface area contributed by atoms with Crippen molar-refractivity contribution in [1.82, 2.24) is 44.7 Å². The first-order valence-electron chi connectivity index (χ1n) is 22.4. The lowest BCUT2D eigenvalue weighted by atomic mass is 9.92. The summed E-state index contributed by atoms with van der Waals surface area (Å²) in [6.45, 7) is 7.75. The Labute approximate surface area is 366 Å². The minimum atomic E-state index is -0.604. The van der Waals surface area contributed by atoms with E-state index in [1.165, 1.54) is 6.33 Å². The molecule has 4 saturated heterocycles. The second-order valence-corrected chi connectivity index (χ2v) is 17.5. The number of nitrogens with two attached hydrogens (primary N) is 1. The fraction of sp³-hybridized carbons (Fsp3) is 0.426. The van der Waals surface area contributed by atoms with Crippen LogP contribution >= 0.6 is 0 Å². The summed E-state index contributed by atoms with van der Waals surface area (Å²) in [4.78, 5) is 70.8. The summed E-state index contributed by atoms with van der Waals surface area (Å²) < 4.78 is 7.96. The lowest BCUT2D eigenvalue weighted by Crippen LogP contribution is -2.54. The van der Waals surface area contributed by atoms with Gasteiger partial charge in [-0.15, -0.1) is 0 Å². The van der Waals surface area contributed by atoms with Crippen LogP contribution < -0.4 is 20.7 Å². The first kappa shape index (κ1) is 40.5. The number of nitrogen functional groups attached to an aromatic ring is 1. The summed E-state index contributed by atoms with van der Waals surface area (Å²) in [6, 6.07) is 22.9. The summed E-state index contributed by atoms with van der Waals surface area (Å²) in [5, 5.41) is 8.18. The average Bonchev–Trinajstić information content (AvgIpc) is 3.87. The van der Waals surface area contributed by atoms with Crippen molar-refractivity contribution >= 4 is 46.3 Å². The van der Waals surface area contributed by atoms with Crippen LogP contribution in [0.1, 0.15) is 66.9 Å². The number of hydrogen-bond acceptors (Lipinski definition) is 11. The molecule has 63 heavy (non-hydrogen) atoms. The molecular formula is C47H53N11O5.